The number of halogens is 3. The zero-order valence-corrected chi connectivity index (χ0v) is 15.8. The molecule has 0 bridgehead atoms. The van der Waals surface area contributed by atoms with Crippen LogP contribution in [0.25, 0.3) is 11.3 Å². The number of aliphatic hydroxyl groups excluding tert-OH is 1. The zero-order chi connectivity index (χ0) is 18.0. The van der Waals surface area contributed by atoms with Gasteiger partial charge in [0.25, 0.3) is 5.91 Å². The summed E-state index contributed by atoms with van der Waals surface area (Å²) < 4.78 is 6.26. The molecule has 1 heterocycles. The van der Waals surface area contributed by atoms with E-state index in [1.54, 1.807) is 48.5 Å². The molecular weight excluding hydrogens is 429 g/mol. The minimum absolute atomic E-state index is 0.199. The molecule has 1 amide bonds. The fourth-order valence-corrected chi connectivity index (χ4v) is 3.04. The van der Waals surface area contributed by atoms with Gasteiger partial charge in [-0.05, 0) is 48.5 Å². The maximum atomic E-state index is 12.5. The Morgan fingerprint density at radius 2 is 1.84 bits per heavy atom. The van der Waals surface area contributed by atoms with Gasteiger partial charge in [-0.15, -0.1) is 0 Å². The Kier molecular flexibility index (Phi) is 5.49. The molecule has 0 unspecified atom stereocenters. The van der Waals surface area contributed by atoms with E-state index < -0.39 is 0 Å². The van der Waals surface area contributed by atoms with Gasteiger partial charge in [-0.25, -0.2) is 0 Å². The molecule has 3 aromatic rings. The van der Waals surface area contributed by atoms with Gasteiger partial charge >= 0.3 is 0 Å². The summed E-state index contributed by atoms with van der Waals surface area (Å²) in [5.74, 6) is 0.599. The normalized spacial score (nSPS) is 10.7. The zero-order valence-electron chi connectivity index (χ0n) is 12.7. The third-order valence-electron chi connectivity index (χ3n) is 3.48. The summed E-state index contributed by atoms with van der Waals surface area (Å²) in [4.78, 5) is 12.5. The van der Waals surface area contributed by atoms with Crippen LogP contribution in [-0.4, -0.2) is 11.0 Å². The summed E-state index contributed by atoms with van der Waals surface area (Å²) in [5, 5.41) is 12.7. The summed E-state index contributed by atoms with van der Waals surface area (Å²) in [7, 11) is 0. The first kappa shape index (κ1) is 18.0. The Bertz CT molecular complexity index is 940. The third-order valence-corrected chi connectivity index (χ3v) is 4.63. The molecule has 0 aliphatic rings. The fraction of sp³-hybridized carbons (Fsp3) is 0.0556. The number of hydrogen-bond donors (Lipinski definition) is 2. The molecule has 0 fully saturated rings. The molecule has 3 rings (SSSR count). The van der Waals surface area contributed by atoms with Crippen LogP contribution in [0.1, 0.15) is 16.1 Å². The highest BCUT2D eigenvalue weighted by Crippen LogP contribution is 2.32. The van der Waals surface area contributed by atoms with Crippen LogP contribution in [0.4, 0.5) is 5.69 Å². The van der Waals surface area contributed by atoms with Crippen molar-refractivity contribution < 1.29 is 14.3 Å². The van der Waals surface area contributed by atoms with Crippen molar-refractivity contribution in [2.45, 2.75) is 6.61 Å². The Labute approximate surface area is 162 Å². The minimum atomic E-state index is -0.338. The molecule has 25 heavy (non-hydrogen) atoms. The molecule has 0 saturated carbocycles. The number of furan rings is 1. The number of nitrogens with one attached hydrogen (secondary N) is 1. The van der Waals surface area contributed by atoms with E-state index in [4.69, 9.17) is 32.7 Å². The predicted octanol–water partition coefficient (Wildman–Crippen LogP) is 5.76. The summed E-state index contributed by atoms with van der Waals surface area (Å²) in [6.07, 6.45) is 0. The number of carbonyl (C=O) groups is 1. The predicted molar refractivity (Wildman–Crippen MR) is 102 cm³/mol. The number of rotatable bonds is 4. The van der Waals surface area contributed by atoms with Gasteiger partial charge in [0.2, 0.25) is 0 Å². The van der Waals surface area contributed by atoms with Crippen LogP contribution >= 0.6 is 39.1 Å². The monoisotopic (exact) mass is 439 g/mol. The lowest BCUT2D eigenvalue weighted by Gasteiger charge is -2.09. The maximum Gasteiger partial charge on any atom is 0.257 e. The first-order chi connectivity index (χ1) is 12.0. The van der Waals surface area contributed by atoms with Crippen molar-refractivity contribution >= 4 is 50.7 Å². The smallest absolute Gasteiger partial charge is 0.257 e. The Morgan fingerprint density at radius 1 is 1.08 bits per heavy atom. The molecule has 0 atom stereocenters. The molecule has 0 aliphatic carbocycles. The van der Waals surface area contributed by atoms with Gasteiger partial charge in [0, 0.05) is 15.7 Å². The van der Waals surface area contributed by atoms with Crippen molar-refractivity contribution in [2.24, 2.45) is 0 Å². The van der Waals surface area contributed by atoms with Crippen LogP contribution < -0.4 is 5.32 Å². The largest absolute Gasteiger partial charge is 0.459 e. The number of amides is 1. The average Bonchev–Trinajstić information content (AvgIpc) is 3.07. The maximum absolute atomic E-state index is 12.5. The van der Waals surface area contributed by atoms with E-state index in [9.17, 15) is 4.79 Å². The van der Waals surface area contributed by atoms with Gasteiger partial charge in [0.15, 0.2) is 0 Å². The lowest BCUT2D eigenvalue weighted by molar-refractivity contribution is 0.102. The van der Waals surface area contributed by atoms with E-state index >= 15 is 0 Å². The molecule has 0 aliphatic heterocycles. The number of aliphatic hydroxyl groups is 1. The molecule has 0 saturated heterocycles. The lowest BCUT2D eigenvalue weighted by atomic mass is 10.1. The van der Waals surface area contributed by atoms with E-state index in [2.05, 4.69) is 21.2 Å². The number of anilines is 1. The van der Waals surface area contributed by atoms with Gasteiger partial charge in [0.05, 0.1) is 15.6 Å². The van der Waals surface area contributed by atoms with Gasteiger partial charge in [-0.3, -0.25) is 4.79 Å². The highest BCUT2D eigenvalue weighted by molar-refractivity contribution is 9.10. The second-order valence-corrected chi connectivity index (χ2v) is 6.93. The third kappa shape index (κ3) is 4.07. The summed E-state index contributed by atoms with van der Waals surface area (Å²) in [6.45, 7) is -0.199. The number of benzene rings is 2. The molecule has 4 nitrogen and oxygen atoms in total. The minimum Gasteiger partial charge on any atom is -0.459 e. The topological polar surface area (TPSA) is 62.5 Å². The van der Waals surface area contributed by atoms with Crippen molar-refractivity contribution in [1.29, 1.82) is 0 Å². The first-order valence-electron chi connectivity index (χ1n) is 7.24. The fourth-order valence-electron chi connectivity index (χ4n) is 2.27. The van der Waals surface area contributed by atoms with Crippen molar-refractivity contribution in [1.82, 2.24) is 0 Å². The van der Waals surface area contributed by atoms with Crippen molar-refractivity contribution in [3.8, 4) is 11.3 Å². The van der Waals surface area contributed by atoms with Crippen LogP contribution in [-0.2, 0) is 6.61 Å². The van der Waals surface area contributed by atoms with Gasteiger partial charge in [-0.1, -0.05) is 39.1 Å². The van der Waals surface area contributed by atoms with Crippen LogP contribution in [0.15, 0.2) is 57.4 Å². The summed E-state index contributed by atoms with van der Waals surface area (Å²) in [6, 6.07) is 13.5. The number of hydrogen-bond acceptors (Lipinski definition) is 3. The summed E-state index contributed by atoms with van der Waals surface area (Å²) >= 11 is 15.6. The molecule has 2 aromatic carbocycles. The highest BCUT2D eigenvalue weighted by atomic mass is 79.9. The van der Waals surface area contributed by atoms with E-state index in [-0.39, 0.29) is 12.5 Å². The van der Waals surface area contributed by atoms with Crippen LogP contribution in [0, 0.1) is 0 Å². The quantitative estimate of drug-likeness (QED) is 0.542. The highest BCUT2D eigenvalue weighted by Gasteiger charge is 2.14. The molecule has 1 aromatic heterocycles. The van der Waals surface area contributed by atoms with Crippen LogP contribution in [0.3, 0.4) is 0 Å². The van der Waals surface area contributed by atoms with Crippen LogP contribution in [0.5, 0.6) is 0 Å². The van der Waals surface area contributed by atoms with Gasteiger partial charge < -0.3 is 14.8 Å². The lowest BCUT2D eigenvalue weighted by Crippen LogP contribution is -2.12. The van der Waals surface area contributed by atoms with Gasteiger partial charge in [0.1, 0.15) is 18.1 Å². The Balaban J connectivity index is 1.89. The Morgan fingerprint density at radius 3 is 2.56 bits per heavy atom. The second-order valence-electron chi connectivity index (χ2n) is 5.20. The number of carbonyl (C=O) groups excluding carboxylic acids is 1. The van der Waals surface area contributed by atoms with E-state index in [0.29, 0.717) is 38.4 Å². The van der Waals surface area contributed by atoms with Crippen molar-refractivity contribution in [2.75, 3.05) is 5.32 Å². The van der Waals surface area contributed by atoms with E-state index in [1.165, 1.54) is 0 Å². The summed E-state index contributed by atoms with van der Waals surface area (Å²) in [5.41, 5.74) is 1.51. The first-order valence-corrected chi connectivity index (χ1v) is 8.78. The molecule has 0 radical (unpaired) electrons. The average molecular weight is 441 g/mol. The van der Waals surface area contributed by atoms with Gasteiger partial charge in [-0.2, -0.15) is 0 Å². The van der Waals surface area contributed by atoms with Crippen molar-refractivity contribution in [3.63, 3.8) is 0 Å². The van der Waals surface area contributed by atoms with Crippen LogP contribution in [0.2, 0.25) is 10.0 Å². The van der Waals surface area contributed by atoms with E-state index in [0.717, 1.165) is 4.47 Å². The molecular formula is C18H12BrCl2NO3. The SMILES string of the molecule is O=C(Nc1ccc(Cl)c(-c2ccc(CO)o2)c1)c1cc(Br)ccc1Cl. The van der Waals surface area contributed by atoms with Crippen molar-refractivity contribution in [3.05, 3.63) is 74.4 Å². The Hall–Kier alpha value is -1.79. The molecule has 0 spiro atoms. The standard InChI is InChI=1S/C18H12BrCl2NO3/c19-10-1-4-16(21)14(7-10)18(24)22-11-2-5-15(20)13(8-11)17-6-3-12(9-23)25-17/h1-8,23H,9H2,(H,22,24). The molecule has 128 valence electrons. The molecule has 7 heteroatoms. The second kappa shape index (κ2) is 7.62. The van der Waals surface area contributed by atoms with E-state index in [1.807, 2.05) is 0 Å². The molecule has 2 N–H and O–H groups in total.